The normalized spacial score (nSPS) is 25.1. The lowest BCUT2D eigenvalue weighted by atomic mass is 9.68. The van der Waals surface area contributed by atoms with Gasteiger partial charge in [-0.1, -0.05) is 44.7 Å². The van der Waals surface area contributed by atoms with Gasteiger partial charge in [-0.25, -0.2) is 4.39 Å². The topological polar surface area (TPSA) is 18.5 Å². The maximum Gasteiger partial charge on any atom is 0.426 e. The van der Waals surface area contributed by atoms with Crippen molar-refractivity contribution < 1.29 is 31.4 Å². The van der Waals surface area contributed by atoms with Crippen molar-refractivity contribution in [1.82, 2.24) is 0 Å². The molecule has 0 N–H and O–H groups in total. The molecule has 7 heteroatoms. The minimum Gasteiger partial charge on any atom is -0.432 e. The molecule has 0 radical (unpaired) electrons. The van der Waals surface area contributed by atoms with Crippen molar-refractivity contribution in [1.29, 1.82) is 0 Å². The average Bonchev–Trinajstić information content (AvgIpc) is 2.86. The number of rotatable bonds is 9. The van der Waals surface area contributed by atoms with E-state index in [1.807, 2.05) is 0 Å². The van der Waals surface area contributed by atoms with E-state index in [1.165, 1.54) is 63.5 Å². The third kappa shape index (κ3) is 6.71. The summed E-state index contributed by atoms with van der Waals surface area (Å²) in [6, 6.07) is 8.57. The maximum absolute atomic E-state index is 14.7. The van der Waals surface area contributed by atoms with Crippen LogP contribution in [0.15, 0.2) is 42.5 Å². The first kappa shape index (κ1) is 26.7. The Labute approximate surface area is 210 Å². The SMILES string of the molecule is CCCC1CCC(C2CCC(c3ccc(C(F)(F)Oc4ccc(OC(F)F)c(F)c4)cc3)CC2)CC1. The van der Waals surface area contributed by atoms with Crippen LogP contribution in [0.4, 0.5) is 22.0 Å². The second kappa shape index (κ2) is 11.8. The summed E-state index contributed by atoms with van der Waals surface area (Å²) in [7, 11) is 0. The summed E-state index contributed by atoms with van der Waals surface area (Å²) in [5.41, 5.74) is 0.705. The molecule has 198 valence electrons. The zero-order chi connectivity index (χ0) is 25.7. The molecule has 0 spiro atoms. The summed E-state index contributed by atoms with van der Waals surface area (Å²) in [6.07, 6.45) is 8.96. The minimum absolute atomic E-state index is 0.350. The second-order valence-electron chi connectivity index (χ2n) is 10.4. The van der Waals surface area contributed by atoms with Crippen LogP contribution in [-0.2, 0) is 6.11 Å². The molecule has 2 aromatic carbocycles. The molecule has 0 heterocycles. The Bertz CT molecular complexity index is 962. The van der Waals surface area contributed by atoms with E-state index < -0.39 is 30.0 Å². The Morgan fingerprint density at radius 1 is 0.861 bits per heavy atom. The molecule has 0 unspecified atom stereocenters. The molecule has 2 aliphatic carbocycles. The third-order valence-corrected chi connectivity index (χ3v) is 8.11. The van der Waals surface area contributed by atoms with Gasteiger partial charge in [0.1, 0.15) is 5.75 Å². The zero-order valence-corrected chi connectivity index (χ0v) is 20.7. The van der Waals surface area contributed by atoms with E-state index in [2.05, 4.69) is 11.7 Å². The van der Waals surface area contributed by atoms with Crippen LogP contribution < -0.4 is 9.47 Å². The quantitative estimate of drug-likeness (QED) is 0.313. The van der Waals surface area contributed by atoms with Crippen LogP contribution in [0.25, 0.3) is 0 Å². The number of alkyl halides is 4. The monoisotopic (exact) mass is 510 g/mol. The Hall–Kier alpha value is -2.31. The van der Waals surface area contributed by atoms with Gasteiger partial charge in [0.25, 0.3) is 0 Å². The molecule has 2 aromatic rings. The van der Waals surface area contributed by atoms with Crippen LogP contribution in [0.5, 0.6) is 11.5 Å². The number of hydrogen-bond acceptors (Lipinski definition) is 2. The predicted molar refractivity (Wildman–Crippen MR) is 129 cm³/mol. The maximum atomic E-state index is 14.7. The standard InChI is InChI=1S/C29H35F5O2/c1-2-3-19-4-6-20(7-5-19)21-8-10-22(11-9-21)23-12-14-24(15-13-23)29(33,34)36-25-16-17-27(26(30)18-25)35-28(31)32/h12-22,28H,2-11H2,1H3. The zero-order valence-electron chi connectivity index (χ0n) is 20.7. The van der Waals surface area contributed by atoms with E-state index in [-0.39, 0.29) is 5.56 Å². The first-order chi connectivity index (χ1) is 17.2. The van der Waals surface area contributed by atoms with E-state index >= 15 is 0 Å². The highest BCUT2D eigenvalue weighted by atomic mass is 19.3. The Kier molecular flexibility index (Phi) is 8.78. The molecule has 0 aromatic heterocycles. The van der Waals surface area contributed by atoms with Gasteiger partial charge in [-0.05, 0) is 92.0 Å². The fourth-order valence-electron chi connectivity index (χ4n) is 6.17. The van der Waals surface area contributed by atoms with Crippen LogP contribution in [0.3, 0.4) is 0 Å². The van der Waals surface area contributed by atoms with Gasteiger partial charge in [0.05, 0.1) is 5.56 Å². The molecular weight excluding hydrogens is 475 g/mol. The molecule has 4 rings (SSSR count). The lowest BCUT2D eigenvalue weighted by Gasteiger charge is -2.38. The Morgan fingerprint density at radius 2 is 1.47 bits per heavy atom. The molecule has 2 nitrogen and oxygen atoms in total. The van der Waals surface area contributed by atoms with E-state index in [0.29, 0.717) is 12.0 Å². The molecule has 0 amide bonds. The van der Waals surface area contributed by atoms with Crippen molar-refractivity contribution in [2.75, 3.05) is 0 Å². The van der Waals surface area contributed by atoms with Gasteiger partial charge in [-0.15, -0.1) is 0 Å². The van der Waals surface area contributed by atoms with Crippen LogP contribution in [0.1, 0.15) is 88.2 Å². The van der Waals surface area contributed by atoms with Crippen molar-refractivity contribution in [3.63, 3.8) is 0 Å². The van der Waals surface area contributed by atoms with Gasteiger partial charge in [0.15, 0.2) is 11.6 Å². The lowest BCUT2D eigenvalue weighted by molar-refractivity contribution is -0.185. The number of benzene rings is 2. The summed E-state index contributed by atoms with van der Waals surface area (Å²) in [4.78, 5) is 0. The van der Waals surface area contributed by atoms with Crippen molar-refractivity contribution in [3.8, 4) is 11.5 Å². The average molecular weight is 511 g/mol. The van der Waals surface area contributed by atoms with Crippen molar-refractivity contribution in [3.05, 3.63) is 59.4 Å². The van der Waals surface area contributed by atoms with E-state index in [1.54, 1.807) is 12.1 Å². The summed E-state index contributed by atoms with van der Waals surface area (Å²) < 4.78 is 76.5. The van der Waals surface area contributed by atoms with Crippen LogP contribution in [-0.4, -0.2) is 6.61 Å². The van der Waals surface area contributed by atoms with Gasteiger partial charge >= 0.3 is 12.7 Å². The Balaban J connectivity index is 1.30. The van der Waals surface area contributed by atoms with E-state index in [4.69, 9.17) is 4.74 Å². The molecule has 2 saturated carbocycles. The molecule has 0 aliphatic heterocycles. The highest BCUT2D eigenvalue weighted by Gasteiger charge is 2.36. The summed E-state index contributed by atoms with van der Waals surface area (Å²) in [5.74, 6) is 0.508. The van der Waals surface area contributed by atoms with Gasteiger partial charge < -0.3 is 9.47 Å². The predicted octanol–water partition coefficient (Wildman–Crippen LogP) is 9.44. The fraction of sp³-hybridized carbons (Fsp3) is 0.586. The number of hydrogen-bond donors (Lipinski definition) is 0. The van der Waals surface area contributed by atoms with Crippen molar-refractivity contribution >= 4 is 0 Å². The molecule has 36 heavy (non-hydrogen) atoms. The molecule has 0 saturated heterocycles. The minimum atomic E-state index is -3.70. The summed E-state index contributed by atoms with van der Waals surface area (Å²) in [5, 5.41) is 0. The van der Waals surface area contributed by atoms with Gasteiger partial charge in [-0.3, -0.25) is 0 Å². The van der Waals surface area contributed by atoms with Crippen LogP contribution in [0, 0.1) is 23.6 Å². The highest BCUT2D eigenvalue weighted by molar-refractivity contribution is 5.34. The largest absolute Gasteiger partial charge is 0.432 e. The molecular formula is C29H35F5O2. The van der Waals surface area contributed by atoms with E-state index in [9.17, 15) is 22.0 Å². The molecule has 0 atom stereocenters. The molecule has 2 aliphatic rings. The first-order valence-corrected chi connectivity index (χ1v) is 13.2. The van der Waals surface area contributed by atoms with Gasteiger partial charge in [0, 0.05) is 6.07 Å². The Morgan fingerprint density at radius 3 is 2.03 bits per heavy atom. The van der Waals surface area contributed by atoms with Crippen molar-refractivity contribution in [2.24, 2.45) is 17.8 Å². The van der Waals surface area contributed by atoms with Gasteiger partial charge in [0.2, 0.25) is 0 Å². The highest BCUT2D eigenvalue weighted by Crippen LogP contribution is 2.45. The first-order valence-electron chi connectivity index (χ1n) is 13.2. The lowest BCUT2D eigenvalue weighted by Crippen LogP contribution is -2.25. The smallest absolute Gasteiger partial charge is 0.426 e. The number of halogens is 5. The number of ether oxygens (including phenoxy) is 2. The summed E-state index contributed by atoms with van der Waals surface area (Å²) >= 11 is 0. The van der Waals surface area contributed by atoms with Crippen LogP contribution >= 0.6 is 0 Å². The molecule has 2 fully saturated rings. The van der Waals surface area contributed by atoms with E-state index in [0.717, 1.165) is 48.3 Å². The second-order valence-corrected chi connectivity index (χ2v) is 10.4. The van der Waals surface area contributed by atoms with Crippen molar-refractivity contribution in [2.45, 2.75) is 89.8 Å². The third-order valence-electron chi connectivity index (χ3n) is 8.11. The fourth-order valence-corrected chi connectivity index (χ4v) is 6.17. The van der Waals surface area contributed by atoms with Gasteiger partial charge in [-0.2, -0.15) is 17.6 Å². The summed E-state index contributed by atoms with van der Waals surface area (Å²) in [6.45, 7) is -0.948. The molecule has 0 bridgehead atoms. The van der Waals surface area contributed by atoms with Crippen LogP contribution in [0.2, 0.25) is 0 Å².